The predicted molar refractivity (Wildman–Crippen MR) is 100 cm³/mol. The molecule has 0 radical (unpaired) electrons. The molecule has 0 aromatic heterocycles. The predicted octanol–water partition coefficient (Wildman–Crippen LogP) is 7.20. The Bertz CT molecular complexity index is 325. The van der Waals surface area contributed by atoms with Gasteiger partial charge in [-0.1, -0.05) is 103 Å². The lowest BCUT2D eigenvalue weighted by molar-refractivity contribution is 0.446. The summed E-state index contributed by atoms with van der Waals surface area (Å²) in [7, 11) is 0. The van der Waals surface area contributed by atoms with E-state index in [1.54, 1.807) is 0 Å². The van der Waals surface area contributed by atoms with Crippen LogP contribution in [0.1, 0.15) is 90.2 Å². The van der Waals surface area contributed by atoms with Crippen molar-refractivity contribution in [3.05, 3.63) is 35.4 Å². The van der Waals surface area contributed by atoms with Gasteiger partial charge in [-0.05, 0) is 35.8 Å². The highest BCUT2D eigenvalue weighted by atomic mass is 14.1. The van der Waals surface area contributed by atoms with Crippen LogP contribution in [0.15, 0.2) is 24.3 Å². The van der Waals surface area contributed by atoms with Crippen LogP contribution in [0.3, 0.4) is 0 Å². The quantitative estimate of drug-likeness (QED) is 0.383. The Labute approximate surface area is 139 Å². The maximum atomic E-state index is 2.39. The highest BCUT2D eigenvalue weighted by molar-refractivity contribution is 5.23. The average molecular weight is 303 g/mol. The molecule has 2 atom stereocenters. The Morgan fingerprint density at radius 1 is 0.636 bits per heavy atom. The number of rotatable bonds is 12. The van der Waals surface area contributed by atoms with Gasteiger partial charge < -0.3 is 0 Å². The van der Waals surface area contributed by atoms with Crippen molar-refractivity contribution >= 4 is 0 Å². The average Bonchev–Trinajstić information content (AvgIpc) is 2.56. The van der Waals surface area contributed by atoms with Gasteiger partial charge in [-0.15, -0.1) is 0 Å². The summed E-state index contributed by atoms with van der Waals surface area (Å²) in [6.07, 6.45) is 13.4. The van der Waals surface area contributed by atoms with E-state index >= 15 is 0 Å². The van der Waals surface area contributed by atoms with Crippen molar-refractivity contribution in [1.29, 1.82) is 0 Å². The van der Waals surface area contributed by atoms with Crippen LogP contribution in [0.5, 0.6) is 0 Å². The molecule has 0 aliphatic carbocycles. The Morgan fingerprint density at radius 3 is 1.27 bits per heavy atom. The molecule has 0 nitrogen and oxygen atoms in total. The van der Waals surface area contributed by atoms with E-state index in [4.69, 9.17) is 0 Å². The van der Waals surface area contributed by atoms with Crippen molar-refractivity contribution in [2.24, 2.45) is 11.8 Å². The third-order valence-corrected chi connectivity index (χ3v) is 5.16. The molecule has 0 fully saturated rings. The lowest BCUT2D eigenvalue weighted by Gasteiger charge is -2.16. The third-order valence-electron chi connectivity index (χ3n) is 5.16. The summed E-state index contributed by atoms with van der Waals surface area (Å²) in [5, 5.41) is 0. The van der Waals surface area contributed by atoms with Gasteiger partial charge in [0.05, 0.1) is 0 Å². The molecule has 0 unspecified atom stereocenters. The maximum Gasteiger partial charge on any atom is -0.0250 e. The van der Waals surface area contributed by atoms with Gasteiger partial charge in [-0.2, -0.15) is 0 Å². The van der Waals surface area contributed by atoms with Crippen LogP contribution in [-0.4, -0.2) is 0 Å². The standard InChI is InChI=1S/C22H38/c1-5-9-11-19(7-3)17-21-13-15-22(16-14-21)18-20(8-4)12-10-6-2/h13-16,19-20H,5-12,17-18H2,1-4H3/t19-,20-/m1/s1. The number of hydrogen-bond acceptors (Lipinski definition) is 0. The summed E-state index contributed by atoms with van der Waals surface area (Å²) < 4.78 is 0. The summed E-state index contributed by atoms with van der Waals surface area (Å²) in [5.41, 5.74) is 3.07. The first kappa shape index (κ1) is 19.3. The Hall–Kier alpha value is -0.780. The van der Waals surface area contributed by atoms with Crippen LogP contribution in [-0.2, 0) is 12.8 Å². The molecule has 0 aliphatic heterocycles. The van der Waals surface area contributed by atoms with Gasteiger partial charge in [0.15, 0.2) is 0 Å². The van der Waals surface area contributed by atoms with E-state index in [1.165, 1.54) is 75.3 Å². The summed E-state index contributed by atoms with van der Waals surface area (Å²) in [6.45, 7) is 9.27. The fourth-order valence-corrected chi connectivity index (χ4v) is 3.36. The molecular formula is C22H38. The fraction of sp³-hybridized carbons (Fsp3) is 0.727. The Kier molecular flexibility index (Phi) is 10.3. The number of hydrogen-bond donors (Lipinski definition) is 0. The van der Waals surface area contributed by atoms with E-state index in [1.807, 2.05) is 0 Å². The van der Waals surface area contributed by atoms with Gasteiger partial charge in [0.25, 0.3) is 0 Å². The highest BCUT2D eigenvalue weighted by Crippen LogP contribution is 2.21. The minimum atomic E-state index is 0.874. The maximum absolute atomic E-state index is 2.39. The molecule has 0 aliphatic rings. The van der Waals surface area contributed by atoms with Crippen molar-refractivity contribution in [2.75, 3.05) is 0 Å². The summed E-state index contributed by atoms with van der Waals surface area (Å²) in [6, 6.07) is 9.54. The molecule has 0 amide bonds. The Morgan fingerprint density at radius 2 is 1.00 bits per heavy atom. The molecule has 1 rings (SSSR count). The summed E-state index contributed by atoms with van der Waals surface area (Å²) in [5.74, 6) is 1.75. The van der Waals surface area contributed by atoms with Crippen LogP contribution in [0.2, 0.25) is 0 Å². The minimum Gasteiger partial charge on any atom is -0.0654 e. The van der Waals surface area contributed by atoms with Crippen molar-refractivity contribution in [3.8, 4) is 0 Å². The van der Waals surface area contributed by atoms with Gasteiger partial charge in [-0.3, -0.25) is 0 Å². The van der Waals surface area contributed by atoms with Crippen molar-refractivity contribution < 1.29 is 0 Å². The molecule has 126 valence electrons. The molecule has 1 aromatic rings. The number of unbranched alkanes of at least 4 members (excludes halogenated alkanes) is 2. The molecule has 0 spiro atoms. The topological polar surface area (TPSA) is 0 Å². The Balaban J connectivity index is 2.50. The smallest absolute Gasteiger partial charge is 0.0250 e. The van der Waals surface area contributed by atoms with Crippen LogP contribution in [0.25, 0.3) is 0 Å². The second-order valence-electron chi connectivity index (χ2n) is 7.06. The van der Waals surface area contributed by atoms with E-state index in [2.05, 4.69) is 52.0 Å². The molecule has 0 N–H and O–H groups in total. The van der Waals surface area contributed by atoms with Crippen LogP contribution < -0.4 is 0 Å². The van der Waals surface area contributed by atoms with Gasteiger partial charge in [-0.25, -0.2) is 0 Å². The largest absolute Gasteiger partial charge is 0.0654 e. The zero-order valence-corrected chi connectivity index (χ0v) is 15.5. The van der Waals surface area contributed by atoms with Gasteiger partial charge in [0.1, 0.15) is 0 Å². The minimum absolute atomic E-state index is 0.874. The highest BCUT2D eigenvalue weighted by Gasteiger charge is 2.09. The van der Waals surface area contributed by atoms with E-state index in [0.29, 0.717) is 0 Å². The normalized spacial score (nSPS) is 14.0. The van der Waals surface area contributed by atoms with Crippen molar-refractivity contribution in [1.82, 2.24) is 0 Å². The zero-order chi connectivity index (χ0) is 16.2. The molecule has 1 aromatic carbocycles. The fourth-order valence-electron chi connectivity index (χ4n) is 3.36. The van der Waals surface area contributed by atoms with Crippen LogP contribution in [0, 0.1) is 11.8 Å². The lowest BCUT2D eigenvalue weighted by Crippen LogP contribution is -2.05. The van der Waals surface area contributed by atoms with E-state index in [-0.39, 0.29) is 0 Å². The van der Waals surface area contributed by atoms with Gasteiger partial charge in [0.2, 0.25) is 0 Å². The first-order valence-corrected chi connectivity index (χ1v) is 9.81. The van der Waals surface area contributed by atoms with E-state index < -0.39 is 0 Å². The van der Waals surface area contributed by atoms with Gasteiger partial charge in [0, 0.05) is 0 Å². The van der Waals surface area contributed by atoms with Crippen molar-refractivity contribution in [3.63, 3.8) is 0 Å². The second kappa shape index (κ2) is 11.7. The molecule has 0 saturated heterocycles. The summed E-state index contributed by atoms with van der Waals surface area (Å²) >= 11 is 0. The molecular weight excluding hydrogens is 264 g/mol. The lowest BCUT2D eigenvalue weighted by atomic mass is 9.89. The molecule has 0 saturated carbocycles. The molecule has 22 heavy (non-hydrogen) atoms. The number of benzene rings is 1. The SMILES string of the molecule is CCCC[C@@H](CC)Cc1ccc(C[C@H](CC)CCCC)cc1. The first-order valence-electron chi connectivity index (χ1n) is 9.81. The summed E-state index contributed by atoms with van der Waals surface area (Å²) in [4.78, 5) is 0. The van der Waals surface area contributed by atoms with Crippen LogP contribution in [0.4, 0.5) is 0 Å². The third kappa shape index (κ3) is 7.47. The first-order chi connectivity index (χ1) is 10.7. The van der Waals surface area contributed by atoms with Crippen molar-refractivity contribution in [2.45, 2.75) is 91.9 Å². The second-order valence-corrected chi connectivity index (χ2v) is 7.06. The molecule has 0 heteroatoms. The van der Waals surface area contributed by atoms with Gasteiger partial charge >= 0.3 is 0 Å². The molecule has 0 bridgehead atoms. The van der Waals surface area contributed by atoms with Crippen LogP contribution >= 0.6 is 0 Å². The molecule has 0 heterocycles. The van der Waals surface area contributed by atoms with E-state index in [9.17, 15) is 0 Å². The monoisotopic (exact) mass is 302 g/mol. The van der Waals surface area contributed by atoms with E-state index in [0.717, 1.165) is 11.8 Å². The zero-order valence-electron chi connectivity index (χ0n) is 15.5.